The van der Waals surface area contributed by atoms with Crippen molar-refractivity contribution in [1.82, 2.24) is 4.98 Å². The zero-order valence-electron chi connectivity index (χ0n) is 9.38. The van der Waals surface area contributed by atoms with Gasteiger partial charge in [0.05, 0.1) is 5.57 Å². The lowest BCUT2D eigenvalue weighted by atomic mass is 10.0. The van der Waals surface area contributed by atoms with E-state index < -0.39 is 5.97 Å². The zero-order valence-corrected chi connectivity index (χ0v) is 10.1. The summed E-state index contributed by atoms with van der Waals surface area (Å²) in [5.74, 6) is -0.992. The molecule has 4 heteroatoms. The van der Waals surface area contributed by atoms with Gasteiger partial charge in [-0.2, -0.15) is 0 Å². The summed E-state index contributed by atoms with van der Waals surface area (Å²) in [7, 11) is 0. The van der Waals surface area contributed by atoms with E-state index in [1.807, 2.05) is 0 Å². The van der Waals surface area contributed by atoms with Crippen LogP contribution in [0.5, 0.6) is 0 Å². The molecule has 0 aliphatic heterocycles. The third kappa shape index (κ3) is 2.96. The van der Waals surface area contributed by atoms with Crippen molar-refractivity contribution in [3.63, 3.8) is 0 Å². The Bertz CT molecular complexity index is 594. The highest BCUT2D eigenvalue weighted by Gasteiger charge is 2.10. The zero-order chi connectivity index (χ0) is 13.0. The van der Waals surface area contributed by atoms with E-state index in [2.05, 4.69) is 4.98 Å². The van der Waals surface area contributed by atoms with E-state index >= 15 is 0 Å². The first-order valence-corrected chi connectivity index (χ1v) is 5.65. The fourth-order valence-corrected chi connectivity index (χ4v) is 1.74. The van der Waals surface area contributed by atoms with Gasteiger partial charge in [-0.15, -0.1) is 0 Å². The number of aliphatic carboxylic acids is 1. The number of aromatic nitrogens is 1. The molecule has 0 aliphatic carbocycles. The van der Waals surface area contributed by atoms with Gasteiger partial charge >= 0.3 is 5.97 Å². The predicted octanol–water partition coefficient (Wildman–Crippen LogP) is 3.36. The fourth-order valence-electron chi connectivity index (χ4n) is 1.55. The summed E-state index contributed by atoms with van der Waals surface area (Å²) in [4.78, 5) is 15.2. The maximum atomic E-state index is 11.3. The molecule has 0 saturated carbocycles. The van der Waals surface area contributed by atoms with E-state index in [0.717, 1.165) is 5.56 Å². The van der Waals surface area contributed by atoms with Crippen molar-refractivity contribution in [3.8, 4) is 0 Å². The van der Waals surface area contributed by atoms with Crippen LogP contribution < -0.4 is 0 Å². The summed E-state index contributed by atoms with van der Waals surface area (Å²) in [6.07, 6.45) is 4.82. The molecule has 1 heterocycles. The van der Waals surface area contributed by atoms with Crippen molar-refractivity contribution in [3.05, 3.63) is 64.9 Å². The van der Waals surface area contributed by atoms with Crippen molar-refractivity contribution in [2.24, 2.45) is 0 Å². The van der Waals surface area contributed by atoms with Crippen LogP contribution in [0.3, 0.4) is 0 Å². The lowest BCUT2D eigenvalue weighted by Crippen LogP contribution is -1.99. The van der Waals surface area contributed by atoms with Crippen LogP contribution in [0.15, 0.2) is 48.8 Å². The molecule has 0 aliphatic rings. The van der Waals surface area contributed by atoms with Gasteiger partial charge in [0.2, 0.25) is 0 Å². The number of carboxylic acid groups (broad SMARTS) is 1. The Labute approximate surface area is 109 Å². The van der Waals surface area contributed by atoms with Gasteiger partial charge in [0.15, 0.2) is 0 Å². The molecule has 0 radical (unpaired) electrons. The number of carbonyl (C=O) groups is 1. The van der Waals surface area contributed by atoms with Crippen LogP contribution in [-0.4, -0.2) is 16.1 Å². The molecule has 0 saturated heterocycles. The van der Waals surface area contributed by atoms with Crippen LogP contribution in [-0.2, 0) is 4.79 Å². The fraction of sp³-hybridized carbons (Fsp3) is 0. The second-order valence-corrected chi connectivity index (χ2v) is 4.09. The number of hydrogen-bond donors (Lipinski definition) is 1. The van der Waals surface area contributed by atoms with Gasteiger partial charge in [-0.3, -0.25) is 4.98 Å². The molecule has 0 spiro atoms. The molecule has 1 aromatic carbocycles. The highest BCUT2D eigenvalue weighted by Crippen LogP contribution is 2.21. The number of pyridine rings is 1. The molecule has 2 rings (SSSR count). The van der Waals surface area contributed by atoms with Crippen LogP contribution in [0.2, 0.25) is 5.02 Å². The Morgan fingerprint density at radius 3 is 2.56 bits per heavy atom. The molecule has 0 amide bonds. The quantitative estimate of drug-likeness (QED) is 0.860. The summed E-state index contributed by atoms with van der Waals surface area (Å²) in [5.41, 5.74) is 1.55. The Kier molecular flexibility index (Phi) is 3.75. The van der Waals surface area contributed by atoms with Gasteiger partial charge in [-0.1, -0.05) is 23.7 Å². The average molecular weight is 260 g/mol. The first kappa shape index (κ1) is 12.3. The Balaban J connectivity index is 2.47. The SMILES string of the molecule is O=C(O)/C(=C/c1ccncc1)c1cccc(Cl)c1. The predicted molar refractivity (Wildman–Crippen MR) is 71.2 cm³/mol. The third-order valence-corrected chi connectivity index (χ3v) is 2.62. The summed E-state index contributed by atoms with van der Waals surface area (Å²) in [6, 6.07) is 10.3. The van der Waals surface area contributed by atoms with E-state index in [0.29, 0.717) is 10.6 Å². The number of nitrogens with zero attached hydrogens (tertiary/aromatic N) is 1. The number of rotatable bonds is 3. The first-order chi connectivity index (χ1) is 8.66. The molecule has 0 unspecified atom stereocenters. The van der Waals surface area contributed by atoms with Crippen molar-refractivity contribution in [1.29, 1.82) is 0 Å². The highest BCUT2D eigenvalue weighted by molar-refractivity contribution is 6.31. The van der Waals surface area contributed by atoms with Gasteiger partial charge in [0.1, 0.15) is 0 Å². The average Bonchev–Trinajstić information content (AvgIpc) is 2.37. The molecule has 18 heavy (non-hydrogen) atoms. The minimum absolute atomic E-state index is 0.198. The molecule has 0 bridgehead atoms. The van der Waals surface area contributed by atoms with Crippen molar-refractivity contribution in [2.45, 2.75) is 0 Å². The standard InChI is InChI=1S/C14H10ClNO2/c15-12-3-1-2-11(9-12)13(14(17)18)8-10-4-6-16-7-5-10/h1-9H,(H,17,18)/b13-8+. The molecule has 1 N–H and O–H groups in total. The van der Waals surface area contributed by atoms with Crippen LogP contribution in [0.4, 0.5) is 0 Å². The van der Waals surface area contributed by atoms with E-state index in [1.165, 1.54) is 0 Å². The molecule has 2 aromatic rings. The minimum Gasteiger partial charge on any atom is -0.478 e. The number of halogens is 1. The molecule has 3 nitrogen and oxygen atoms in total. The number of benzene rings is 1. The van der Waals surface area contributed by atoms with Crippen LogP contribution in [0, 0.1) is 0 Å². The van der Waals surface area contributed by atoms with E-state index in [9.17, 15) is 9.90 Å². The monoisotopic (exact) mass is 259 g/mol. The normalized spacial score (nSPS) is 11.3. The largest absolute Gasteiger partial charge is 0.478 e. The van der Waals surface area contributed by atoms with Crippen LogP contribution >= 0.6 is 11.6 Å². The third-order valence-electron chi connectivity index (χ3n) is 2.38. The maximum Gasteiger partial charge on any atom is 0.336 e. The Morgan fingerprint density at radius 2 is 1.94 bits per heavy atom. The van der Waals surface area contributed by atoms with Crippen molar-refractivity contribution < 1.29 is 9.90 Å². The van der Waals surface area contributed by atoms with Crippen LogP contribution in [0.25, 0.3) is 11.6 Å². The van der Waals surface area contributed by atoms with Crippen LogP contribution in [0.1, 0.15) is 11.1 Å². The summed E-state index contributed by atoms with van der Waals surface area (Å²) in [5, 5.41) is 9.76. The molecular formula is C14H10ClNO2. The number of carboxylic acids is 1. The minimum atomic E-state index is -0.992. The van der Waals surface area contributed by atoms with Gasteiger partial charge in [-0.05, 0) is 41.5 Å². The van der Waals surface area contributed by atoms with Gasteiger partial charge < -0.3 is 5.11 Å². The van der Waals surface area contributed by atoms with Gasteiger partial charge in [-0.25, -0.2) is 4.79 Å². The molecule has 0 fully saturated rings. The lowest BCUT2D eigenvalue weighted by Gasteiger charge is -2.03. The molecule has 0 atom stereocenters. The van der Waals surface area contributed by atoms with Gasteiger partial charge in [0.25, 0.3) is 0 Å². The molecular weight excluding hydrogens is 250 g/mol. The topological polar surface area (TPSA) is 50.2 Å². The van der Waals surface area contributed by atoms with E-state index in [1.54, 1.807) is 54.9 Å². The Morgan fingerprint density at radius 1 is 1.22 bits per heavy atom. The molecule has 1 aromatic heterocycles. The molecule has 90 valence electrons. The number of hydrogen-bond acceptors (Lipinski definition) is 2. The van der Waals surface area contributed by atoms with Crippen molar-refractivity contribution >= 4 is 29.2 Å². The maximum absolute atomic E-state index is 11.3. The highest BCUT2D eigenvalue weighted by atomic mass is 35.5. The van der Waals surface area contributed by atoms with E-state index in [4.69, 9.17) is 11.6 Å². The second kappa shape index (κ2) is 5.47. The Hall–Kier alpha value is -2.13. The first-order valence-electron chi connectivity index (χ1n) is 5.28. The van der Waals surface area contributed by atoms with Gasteiger partial charge in [0, 0.05) is 17.4 Å². The second-order valence-electron chi connectivity index (χ2n) is 3.65. The lowest BCUT2D eigenvalue weighted by molar-refractivity contribution is -0.130. The van der Waals surface area contributed by atoms with E-state index in [-0.39, 0.29) is 5.57 Å². The smallest absolute Gasteiger partial charge is 0.336 e. The summed E-state index contributed by atoms with van der Waals surface area (Å²) < 4.78 is 0. The van der Waals surface area contributed by atoms with Crippen molar-refractivity contribution in [2.75, 3.05) is 0 Å². The summed E-state index contributed by atoms with van der Waals surface area (Å²) >= 11 is 5.87. The summed E-state index contributed by atoms with van der Waals surface area (Å²) in [6.45, 7) is 0.